The van der Waals surface area contributed by atoms with E-state index in [0.717, 1.165) is 32.1 Å². The third kappa shape index (κ3) is 14.2. The summed E-state index contributed by atoms with van der Waals surface area (Å²) in [6.45, 7) is 11.0. The Morgan fingerprint density at radius 3 is 2.33 bits per heavy atom. The van der Waals surface area contributed by atoms with E-state index in [-0.39, 0.29) is 43.5 Å². The summed E-state index contributed by atoms with van der Waals surface area (Å²) in [5, 5.41) is 18.2. The fourth-order valence-corrected chi connectivity index (χ4v) is 6.65. The Hall–Kier alpha value is -4.00. The molecule has 13 nitrogen and oxygen atoms in total. The number of rotatable bonds is 18. The molecule has 13 heteroatoms. The third-order valence-electron chi connectivity index (χ3n) is 9.26. The van der Waals surface area contributed by atoms with E-state index in [1.807, 2.05) is 13.0 Å². The fraction of sp³-hybridized carbons (Fsp3) is 0.692. The lowest BCUT2D eigenvalue weighted by Gasteiger charge is -2.35. The number of ether oxygens (including phenoxy) is 2. The molecule has 52 heavy (non-hydrogen) atoms. The summed E-state index contributed by atoms with van der Waals surface area (Å²) in [4.78, 5) is 80.7. The van der Waals surface area contributed by atoms with Crippen molar-refractivity contribution >= 4 is 35.4 Å². The van der Waals surface area contributed by atoms with Crippen LogP contribution in [-0.4, -0.2) is 94.4 Å². The van der Waals surface area contributed by atoms with E-state index in [4.69, 9.17) is 9.47 Å². The number of esters is 1. The number of nitrogens with one attached hydrogen (secondary N) is 3. The molecule has 0 radical (unpaired) electrons. The zero-order chi connectivity index (χ0) is 38.5. The summed E-state index contributed by atoms with van der Waals surface area (Å²) >= 11 is 0. The van der Waals surface area contributed by atoms with Gasteiger partial charge in [0.1, 0.15) is 23.4 Å². The predicted octanol–water partition coefficient (Wildman–Crippen LogP) is 3.53. The van der Waals surface area contributed by atoms with Crippen LogP contribution in [0.3, 0.4) is 0 Å². The first-order chi connectivity index (χ1) is 24.5. The SMILES string of the molecule is CCCC(NC(=O)[C@@H]1CCCN1C(=O)[C@@H](NC(=O)Cc1cccc(OCCC(C)(C)O)c1)C1CCCCC1)C(=O)C(=O)NCCC(=O)OC(C)(C)C. The summed E-state index contributed by atoms with van der Waals surface area (Å²) in [5.74, 6) is -2.89. The highest BCUT2D eigenvalue weighted by atomic mass is 16.6. The van der Waals surface area contributed by atoms with Gasteiger partial charge >= 0.3 is 5.97 Å². The molecule has 2 aliphatic rings. The van der Waals surface area contributed by atoms with Crippen molar-refractivity contribution in [1.29, 1.82) is 0 Å². The van der Waals surface area contributed by atoms with Gasteiger partial charge in [0, 0.05) is 19.5 Å². The molecule has 4 N–H and O–H groups in total. The second-order valence-electron chi connectivity index (χ2n) is 15.7. The smallest absolute Gasteiger partial charge is 0.308 e. The molecule has 1 aliphatic heterocycles. The first-order valence-corrected chi connectivity index (χ1v) is 18.9. The van der Waals surface area contributed by atoms with Crippen LogP contribution in [0.1, 0.15) is 118 Å². The summed E-state index contributed by atoms with van der Waals surface area (Å²) in [6, 6.07) is 4.42. The molecule has 3 rings (SSSR count). The summed E-state index contributed by atoms with van der Waals surface area (Å²) in [7, 11) is 0. The Labute approximate surface area is 308 Å². The van der Waals surface area contributed by atoms with E-state index in [2.05, 4.69) is 16.0 Å². The van der Waals surface area contributed by atoms with Crippen molar-refractivity contribution in [2.24, 2.45) is 5.92 Å². The van der Waals surface area contributed by atoms with Gasteiger partial charge < -0.3 is 35.4 Å². The summed E-state index contributed by atoms with van der Waals surface area (Å²) < 4.78 is 11.0. The van der Waals surface area contributed by atoms with Gasteiger partial charge in [-0.1, -0.05) is 44.7 Å². The fourth-order valence-electron chi connectivity index (χ4n) is 6.65. The number of aliphatic hydroxyl groups is 1. The van der Waals surface area contributed by atoms with E-state index in [0.29, 0.717) is 50.1 Å². The number of benzene rings is 1. The molecule has 0 bridgehead atoms. The number of hydrogen-bond donors (Lipinski definition) is 4. The third-order valence-corrected chi connectivity index (χ3v) is 9.26. The Morgan fingerprint density at radius 1 is 0.962 bits per heavy atom. The first-order valence-electron chi connectivity index (χ1n) is 18.9. The van der Waals surface area contributed by atoms with Crippen LogP contribution in [0.25, 0.3) is 0 Å². The van der Waals surface area contributed by atoms with E-state index in [9.17, 15) is 33.9 Å². The zero-order valence-corrected chi connectivity index (χ0v) is 31.9. The van der Waals surface area contributed by atoms with Crippen LogP contribution in [0.5, 0.6) is 5.75 Å². The lowest BCUT2D eigenvalue weighted by atomic mass is 9.83. The Balaban J connectivity index is 1.66. The molecule has 1 heterocycles. The van der Waals surface area contributed by atoms with Crippen molar-refractivity contribution in [3.8, 4) is 5.75 Å². The number of likely N-dealkylation sites (tertiary alicyclic amines) is 1. The van der Waals surface area contributed by atoms with Crippen molar-refractivity contribution in [3.63, 3.8) is 0 Å². The van der Waals surface area contributed by atoms with Gasteiger partial charge in [0.15, 0.2) is 0 Å². The van der Waals surface area contributed by atoms with Gasteiger partial charge in [-0.05, 0) is 90.3 Å². The van der Waals surface area contributed by atoms with Crippen LogP contribution in [0.2, 0.25) is 0 Å². The minimum absolute atomic E-state index is 0.0315. The normalized spacial score (nSPS) is 17.8. The topological polar surface area (TPSA) is 180 Å². The molecular formula is C39H60N4O9. The second kappa shape index (κ2) is 19.7. The van der Waals surface area contributed by atoms with Gasteiger partial charge in [0.25, 0.3) is 5.91 Å². The van der Waals surface area contributed by atoms with Crippen molar-refractivity contribution < 1.29 is 43.3 Å². The van der Waals surface area contributed by atoms with Crippen LogP contribution in [0, 0.1) is 5.92 Å². The van der Waals surface area contributed by atoms with Crippen molar-refractivity contribution in [1.82, 2.24) is 20.9 Å². The quantitative estimate of drug-likeness (QED) is 0.130. The molecule has 1 aliphatic carbocycles. The minimum atomic E-state index is -1.10. The highest BCUT2D eigenvalue weighted by molar-refractivity contribution is 6.38. The van der Waals surface area contributed by atoms with Gasteiger partial charge in [-0.15, -0.1) is 0 Å². The number of hydrogen-bond acceptors (Lipinski definition) is 9. The maximum Gasteiger partial charge on any atom is 0.308 e. The second-order valence-corrected chi connectivity index (χ2v) is 15.7. The number of ketones is 1. The molecule has 3 atom stereocenters. The molecule has 290 valence electrons. The Kier molecular flexibility index (Phi) is 16.1. The summed E-state index contributed by atoms with van der Waals surface area (Å²) in [5.41, 5.74) is -0.816. The Bertz CT molecular complexity index is 1390. The van der Waals surface area contributed by atoms with Crippen LogP contribution in [0.15, 0.2) is 24.3 Å². The lowest BCUT2D eigenvalue weighted by molar-refractivity contribution is -0.154. The van der Waals surface area contributed by atoms with Gasteiger partial charge in [0.2, 0.25) is 23.5 Å². The molecule has 1 saturated carbocycles. The first kappa shape index (κ1) is 42.4. The number of amides is 4. The Morgan fingerprint density at radius 2 is 1.67 bits per heavy atom. The minimum Gasteiger partial charge on any atom is -0.493 e. The largest absolute Gasteiger partial charge is 0.493 e. The van der Waals surface area contributed by atoms with E-state index >= 15 is 0 Å². The number of carbonyl (C=O) groups is 6. The lowest BCUT2D eigenvalue weighted by Crippen LogP contribution is -2.58. The predicted molar refractivity (Wildman–Crippen MR) is 195 cm³/mol. The average molecular weight is 729 g/mol. The molecule has 2 fully saturated rings. The highest BCUT2D eigenvalue weighted by Crippen LogP contribution is 2.30. The molecule has 1 aromatic carbocycles. The van der Waals surface area contributed by atoms with Gasteiger partial charge in [-0.2, -0.15) is 0 Å². The number of carbonyl (C=O) groups excluding carboxylic acids is 6. The molecule has 1 aromatic rings. The zero-order valence-electron chi connectivity index (χ0n) is 31.9. The van der Waals surface area contributed by atoms with E-state index < -0.39 is 52.9 Å². The van der Waals surface area contributed by atoms with Crippen molar-refractivity contribution in [2.45, 2.75) is 148 Å². The van der Waals surface area contributed by atoms with Gasteiger partial charge in [-0.25, -0.2) is 0 Å². The van der Waals surface area contributed by atoms with E-state index in [1.54, 1.807) is 52.8 Å². The molecule has 1 unspecified atom stereocenters. The molecule has 4 amide bonds. The molecule has 0 aromatic heterocycles. The average Bonchev–Trinajstić information content (AvgIpc) is 3.56. The standard InChI is InChI=1S/C39H60N4O9/c1-7-13-29(34(46)36(48)40-21-19-32(45)52-38(2,3)4)41-35(47)30-18-12-22-43(30)37(49)33(27-15-9-8-10-16-27)42-31(44)25-26-14-11-17-28(24-26)51-23-20-39(5,6)50/h11,14,17,24,27,29-30,33,50H,7-10,12-13,15-16,18-23,25H2,1-6H3,(H,40,48)(H,41,47)(H,42,44)/t29?,30-,33-/m0/s1. The van der Waals surface area contributed by atoms with E-state index in [1.165, 1.54) is 4.90 Å². The van der Waals surface area contributed by atoms with Crippen molar-refractivity contribution in [3.05, 3.63) is 29.8 Å². The molecule has 0 spiro atoms. The van der Waals surface area contributed by atoms with Crippen LogP contribution in [0.4, 0.5) is 0 Å². The molecular weight excluding hydrogens is 668 g/mol. The van der Waals surface area contributed by atoms with Crippen molar-refractivity contribution in [2.75, 3.05) is 19.7 Å². The highest BCUT2D eigenvalue weighted by Gasteiger charge is 2.41. The van der Waals surface area contributed by atoms with Crippen LogP contribution in [-0.2, 0) is 39.9 Å². The summed E-state index contributed by atoms with van der Waals surface area (Å²) in [6.07, 6.45) is 6.57. The maximum atomic E-state index is 14.2. The maximum absolute atomic E-state index is 14.2. The van der Waals surface area contributed by atoms with Gasteiger partial charge in [-0.3, -0.25) is 28.8 Å². The van der Waals surface area contributed by atoms with Crippen LogP contribution < -0.4 is 20.7 Å². The monoisotopic (exact) mass is 728 g/mol. The van der Waals surface area contributed by atoms with Gasteiger partial charge in [0.05, 0.1) is 31.1 Å². The molecule has 1 saturated heterocycles. The van der Waals surface area contributed by atoms with Crippen LogP contribution >= 0.6 is 0 Å². The number of Topliss-reactive ketones (excluding diaryl/α,β-unsaturated/α-hetero) is 1. The number of nitrogens with zero attached hydrogens (tertiary/aromatic N) is 1.